The standard InChI is InChI=1S/C15H15ClN2O/c1-9-13(15(16)18(2)17-9)8-11-7-10-5-3-4-6-12(10)14(11)19/h3-6,11H,7-8H2,1-2H3. The van der Waals surface area contributed by atoms with E-state index in [2.05, 4.69) is 5.10 Å². The maximum atomic E-state index is 12.4. The summed E-state index contributed by atoms with van der Waals surface area (Å²) in [6.45, 7) is 1.94. The first-order valence-electron chi connectivity index (χ1n) is 6.38. The van der Waals surface area contributed by atoms with E-state index in [1.165, 1.54) is 0 Å². The van der Waals surface area contributed by atoms with E-state index >= 15 is 0 Å². The molecule has 1 atom stereocenters. The second kappa shape index (κ2) is 4.49. The van der Waals surface area contributed by atoms with E-state index in [1.807, 2.05) is 38.2 Å². The molecule has 0 spiro atoms. The third-order valence-corrected chi connectivity index (χ3v) is 4.31. The third kappa shape index (κ3) is 1.98. The van der Waals surface area contributed by atoms with Gasteiger partial charge in [-0.2, -0.15) is 5.10 Å². The molecule has 1 aromatic heterocycles. The second-order valence-corrected chi connectivity index (χ2v) is 5.46. The van der Waals surface area contributed by atoms with Crippen molar-refractivity contribution < 1.29 is 4.79 Å². The SMILES string of the molecule is Cc1nn(C)c(Cl)c1CC1Cc2ccccc2C1=O. The smallest absolute Gasteiger partial charge is 0.166 e. The molecule has 3 rings (SSSR count). The van der Waals surface area contributed by atoms with Gasteiger partial charge in [0.2, 0.25) is 0 Å². The molecule has 1 aliphatic rings. The Morgan fingerprint density at radius 3 is 2.79 bits per heavy atom. The molecule has 0 bridgehead atoms. The van der Waals surface area contributed by atoms with Gasteiger partial charge in [-0.15, -0.1) is 0 Å². The number of halogens is 1. The molecule has 1 aromatic carbocycles. The van der Waals surface area contributed by atoms with Crippen molar-refractivity contribution in [3.8, 4) is 0 Å². The number of carbonyl (C=O) groups excluding carboxylic acids is 1. The van der Waals surface area contributed by atoms with Gasteiger partial charge in [0.25, 0.3) is 0 Å². The predicted octanol–water partition coefficient (Wildman–Crippen LogP) is 2.98. The maximum Gasteiger partial charge on any atom is 0.166 e. The van der Waals surface area contributed by atoms with Crippen LogP contribution in [0.3, 0.4) is 0 Å². The van der Waals surface area contributed by atoms with E-state index < -0.39 is 0 Å². The van der Waals surface area contributed by atoms with Gasteiger partial charge >= 0.3 is 0 Å². The number of carbonyl (C=O) groups is 1. The molecule has 1 heterocycles. The predicted molar refractivity (Wildman–Crippen MR) is 74.6 cm³/mol. The van der Waals surface area contributed by atoms with Crippen LogP contribution < -0.4 is 0 Å². The molecule has 1 unspecified atom stereocenters. The Bertz CT molecular complexity index is 660. The number of benzene rings is 1. The molecule has 3 nitrogen and oxygen atoms in total. The summed E-state index contributed by atoms with van der Waals surface area (Å²) in [5.41, 5.74) is 3.92. The van der Waals surface area contributed by atoms with E-state index in [0.29, 0.717) is 11.6 Å². The topological polar surface area (TPSA) is 34.9 Å². The second-order valence-electron chi connectivity index (χ2n) is 5.10. The average Bonchev–Trinajstić information content (AvgIpc) is 2.83. The molecular formula is C15H15ClN2O. The highest BCUT2D eigenvalue weighted by atomic mass is 35.5. The lowest BCUT2D eigenvalue weighted by Crippen LogP contribution is -2.12. The lowest BCUT2D eigenvalue weighted by molar-refractivity contribution is 0.0936. The summed E-state index contributed by atoms with van der Waals surface area (Å²) >= 11 is 6.24. The number of aryl methyl sites for hydroxylation is 2. The van der Waals surface area contributed by atoms with E-state index in [1.54, 1.807) is 4.68 Å². The molecule has 0 fully saturated rings. The van der Waals surface area contributed by atoms with Crippen LogP contribution in [0.4, 0.5) is 0 Å². The molecule has 0 saturated carbocycles. The lowest BCUT2D eigenvalue weighted by Gasteiger charge is -2.07. The monoisotopic (exact) mass is 274 g/mol. The van der Waals surface area contributed by atoms with Gasteiger partial charge in [-0.3, -0.25) is 9.48 Å². The molecule has 19 heavy (non-hydrogen) atoms. The fraction of sp³-hybridized carbons (Fsp3) is 0.333. The summed E-state index contributed by atoms with van der Waals surface area (Å²) in [7, 11) is 1.82. The number of nitrogens with zero attached hydrogens (tertiary/aromatic N) is 2. The number of hydrogen-bond donors (Lipinski definition) is 0. The van der Waals surface area contributed by atoms with Gasteiger partial charge in [0.15, 0.2) is 5.78 Å². The fourth-order valence-corrected chi connectivity index (χ4v) is 3.09. The fourth-order valence-electron chi connectivity index (χ4n) is 2.83. The van der Waals surface area contributed by atoms with Crippen molar-refractivity contribution in [2.24, 2.45) is 13.0 Å². The summed E-state index contributed by atoms with van der Waals surface area (Å²) < 4.78 is 1.67. The molecule has 2 aromatic rings. The van der Waals surface area contributed by atoms with E-state index in [4.69, 9.17) is 11.6 Å². The van der Waals surface area contributed by atoms with Gasteiger partial charge in [0.05, 0.1) is 5.69 Å². The largest absolute Gasteiger partial charge is 0.294 e. The summed E-state index contributed by atoms with van der Waals surface area (Å²) in [5.74, 6) is 0.229. The number of aromatic nitrogens is 2. The Morgan fingerprint density at radius 2 is 2.16 bits per heavy atom. The van der Waals surface area contributed by atoms with Gasteiger partial charge in [-0.25, -0.2) is 0 Å². The normalized spacial score (nSPS) is 17.8. The molecule has 1 aliphatic carbocycles. The van der Waals surface area contributed by atoms with Crippen molar-refractivity contribution in [2.45, 2.75) is 19.8 Å². The molecule has 0 aliphatic heterocycles. The summed E-state index contributed by atoms with van der Waals surface area (Å²) in [4.78, 5) is 12.4. The number of ketones is 1. The first kappa shape index (κ1) is 12.4. The highest BCUT2D eigenvalue weighted by Crippen LogP contribution is 2.31. The van der Waals surface area contributed by atoms with Crippen molar-refractivity contribution in [3.63, 3.8) is 0 Å². The van der Waals surface area contributed by atoms with Gasteiger partial charge in [0.1, 0.15) is 5.15 Å². The minimum Gasteiger partial charge on any atom is -0.294 e. The highest BCUT2D eigenvalue weighted by molar-refractivity contribution is 6.30. The Morgan fingerprint density at radius 1 is 1.42 bits per heavy atom. The quantitative estimate of drug-likeness (QED) is 0.844. The van der Waals surface area contributed by atoms with Crippen LogP contribution in [-0.4, -0.2) is 15.6 Å². The van der Waals surface area contributed by atoms with Crippen LogP contribution in [0.1, 0.15) is 27.2 Å². The number of fused-ring (bicyclic) bond motifs is 1. The maximum absolute atomic E-state index is 12.4. The van der Waals surface area contributed by atoms with Gasteiger partial charge in [0, 0.05) is 24.1 Å². The number of hydrogen-bond acceptors (Lipinski definition) is 2. The first-order chi connectivity index (χ1) is 9.08. The van der Waals surface area contributed by atoms with Crippen molar-refractivity contribution in [1.29, 1.82) is 0 Å². The average molecular weight is 275 g/mol. The van der Waals surface area contributed by atoms with Crippen LogP contribution in [0, 0.1) is 12.8 Å². The van der Waals surface area contributed by atoms with E-state index in [0.717, 1.165) is 28.8 Å². The van der Waals surface area contributed by atoms with Crippen molar-refractivity contribution in [1.82, 2.24) is 9.78 Å². The van der Waals surface area contributed by atoms with Gasteiger partial charge in [-0.05, 0) is 25.3 Å². The highest BCUT2D eigenvalue weighted by Gasteiger charge is 2.31. The Labute approximate surface area is 117 Å². The Hall–Kier alpha value is -1.61. The van der Waals surface area contributed by atoms with Crippen molar-refractivity contribution in [2.75, 3.05) is 0 Å². The minimum atomic E-state index is -0.00204. The number of Topliss-reactive ketones (excluding diaryl/α,β-unsaturated/α-hetero) is 1. The lowest BCUT2D eigenvalue weighted by atomic mass is 9.96. The van der Waals surface area contributed by atoms with Gasteiger partial charge in [-0.1, -0.05) is 35.9 Å². The van der Waals surface area contributed by atoms with Crippen molar-refractivity contribution >= 4 is 17.4 Å². The van der Waals surface area contributed by atoms with E-state index in [9.17, 15) is 4.79 Å². The molecular weight excluding hydrogens is 260 g/mol. The Kier molecular flexibility index (Phi) is 2.94. The summed E-state index contributed by atoms with van der Waals surface area (Å²) in [6, 6.07) is 7.85. The molecule has 0 amide bonds. The van der Waals surface area contributed by atoms with Crippen LogP contribution in [0.25, 0.3) is 0 Å². The van der Waals surface area contributed by atoms with Crippen LogP contribution in [0.5, 0.6) is 0 Å². The van der Waals surface area contributed by atoms with E-state index in [-0.39, 0.29) is 11.7 Å². The molecule has 4 heteroatoms. The molecule has 0 radical (unpaired) electrons. The zero-order valence-corrected chi connectivity index (χ0v) is 11.7. The first-order valence-corrected chi connectivity index (χ1v) is 6.76. The molecule has 98 valence electrons. The summed E-state index contributed by atoms with van der Waals surface area (Å²) in [6.07, 6.45) is 1.48. The third-order valence-electron chi connectivity index (χ3n) is 3.84. The molecule has 0 saturated heterocycles. The van der Waals surface area contributed by atoms with Crippen LogP contribution in [0.2, 0.25) is 5.15 Å². The van der Waals surface area contributed by atoms with Gasteiger partial charge < -0.3 is 0 Å². The van der Waals surface area contributed by atoms with Crippen LogP contribution in [-0.2, 0) is 19.9 Å². The zero-order chi connectivity index (χ0) is 13.6. The van der Waals surface area contributed by atoms with Crippen molar-refractivity contribution in [3.05, 3.63) is 51.8 Å². The van der Waals surface area contributed by atoms with Crippen LogP contribution in [0.15, 0.2) is 24.3 Å². The number of rotatable bonds is 2. The van der Waals surface area contributed by atoms with Crippen LogP contribution >= 0.6 is 11.6 Å². The summed E-state index contributed by atoms with van der Waals surface area (Å²) in [5, 5.41) is 4.94. The Balaban J connectivity index is 1.89. The zero-order valence-electron chi connectivity index (χ0n) is 11.0. The molecule has 0 N–H and O–H groups in total. The minimum absolute atomic E-state index is 0.00204.